The lowest BCUT2D eigenvalue weighted by atomic mass is 9.86. The van der Waals surface area contributed by atoms with E-state index in [4.69, 9.17) is 9.47 Å². The summed E-state index contributed by atoms with van der Waals surface area (Å²) in [6, 6.07) is 7.11. The van der Waals surface area contributed by atoms with Gasteiger partial charge >= 0.3 is 6.09 Å². The van der Waals surface area contributed by atoms with E-state index in [2.05, 4.69) is 30.7 Å². The van der Waals surface area contributed by atoms with Crippen molar-refractivity contribution in [1.29, 1.82) is 0 Å². The van der Waals surface area contributed by atoms with E-state index in [0.717, 1.165) is 56.6 Å². The van der Waals surface area contributed by atoms with E-state index < -0.39 is 10.0 Å². The van der Waals surface area contributed by atoms with Crippen LogP contribution in [-0.4, -0.2) is 59.8 Å². The minimum absolute atomic E-state index is 0.0680. The number of amides is 1. The number of alkyl carbamates (subject to hydrolysis) is 1. The lowest BCUT2D eigenvalue weighted by Crippen LogP contribution is -2.38. The van der Waals surface area contributed by atoms with E-state index in [1.165, 1.54) is 11.3 Å². The van der Waals surface area contributed by atoms with Crippen LogP contribution in [0.25, 0.3) is 10.6 Å². The normalized spacial score (nSPS) is 21.3. The Morgan fingerprint density at radius 2 is 1.95 bits per heavy atom. The molecule has 1 saturated carbocycles. The molecule has 0 spiro atoms. The molecular formula is C28H39N7O5S2. The molecule has 1 aromatic carbocycles. The van der Waals surface area contributed by atoms with E-state index in [1.54, 1.807) is 23.7 Å². The van der Waals surface area contributed by atoms with Crippen LogP contribution in [-0.2, 0) is 19.5 Å². The zero-order valence-electron chi connectivity index (χ0n) is 24.2. The Labute approximate surface area is 250 Å². The summed E-state index contributed by atoms with van der Waals surface area (Å²) in [7, 11) is -3.81. The number of aromatic nitrogens is 4. The quantitative estimate of drug-likeness (QED) is 0.275. The zero-order chi connectivity index (χ0) is 29.7. The molecule has 1 saturated heterocycles. The lowest BCUT2D eigenvalue weighted by molar-refractivity contribution is -0.0393. The molecule has 2 aromatic heterocycles. The summed E-state index contributed by atoms with van der Waals surface area (Å²) in [6.07, 6.45) is 7.65. The molecule has 0 bridgehead atoms. The topological polar surface area (TPSA) is 149 Å². The van der Waals surface area contributed by atoms with Gasteiger partial charge in [0.05, 0.1) is 11.0 Å². The van der Waals surface area contributed by atoms with Gasteiger partial charge in [-0.1, -0.05) is 18.3 Å². The average molecular weight is 618 g/mol. The van der Waals surface area contributed by atoms with Crippen molar-refractivity contribution in [3.63, 3.8) is 0 Å². The molecule has 12 nitrogen and oxygen atoms in total. The van der Waals surface area contributed by atoms with Crippen molar-refractivity contribution >= 4 is 39.0 Å². The van der Waals surface area contributed by atoms with Gasteiger partial charge in [0, 0.05) is 48.6 Å². The maximum atomic E-state index is 13.3. The van der Waals surface area contributed by atoms with Gasteiger partial charge in [0.2, 0.25) is 10.0 Å². The summed E-state index contributed by atoms with van der Waals surface area (Å²) in [5, 5.41) is 21.0. The lowest BCUT2D eigenvalue weighted by Gasteiger charge is -2.27. The summed E-state index contributed by atoms with van der Waals surface area (Å²) in [4.78, 5) is 12.1. The number of rotatable bonds is 10. The second-order valence-corrected chi connectivity index (χ2v) is 13.7. The second-order valence-electron chi connectivity index (χ2n) is 10.9. The fourth-order valence-corrected chi connectivity index (χ4v) is 7.71. The first-order valence-electron chi connectivity index (χ1n) is 14.6. The zero-order valence-corrected chi connectivity index (χ0v) is 25.8. The number of sulfonamides is 1. The SMILES string of the molecule is CCNS(=O)(=O)c1cc(Nc2ccn(C3CCCCO3)n2)ccc1-c1nnc(C2CCC(NC(=O)OC(C)C)CC2)s1. The number of ether oxygens (including phenoxy) is 2. The van der Waals surface area contributed by atoms with Crippen LogP contribution in [0.1, 0.15) is 82.9 Å². The van der Waals surface area contributed by atoms with E-state index in [-0.39, 0.29) is 41.8 Å². The van der Waals surface area contributed by atoms with E-state index in [9.17, 15) is 13.2 Å². The van der Waals surface area contributed by atoms with Gasteiger partial charge in [0.15, 0.2) is 5.82 Å². The molecule has 1 aliphatic heterocycles. The fraction of sp³-hybridized carbons (Fsp3) is 0.571. The van der Waals surface area contributed by atoms with Crippen molar-refractivity contribution in [2.45, 2.75) is 94.9 Å². The number of nitrogens with zero attached hydrogens (tertiary/aromatic N) is 4. The minimum atomic E-state index is -3.81. The first-order valence-corrected chi connectivity index (χ1v) is 16.9. The third-order valence-corrected chi connectivity index (χ3v) is 10.1. The number of anilines is 2. The Morgan fingerprint density at radius 3 is 2.67 bits per heavy atom. The smallest absolute Gasteiger partial charge is 0.407 e. The number of hydrogen-bond acceptors (Lipinski definition) is 10. The summed E-state index contributed by atoms with van der Waals surface area (Å²) < 4.78 is 42.0. The van der Waals surface area contributed by atoms with E-state index in [1.807, 2.05) is 32.2 Å². The third-order valence-electron chi connectivity index (χ3n) is 7.35. The van der Waals surface area contributed by atoms with Crippen LogP contribution < -0.4 is 15.4 Å². The minimum Gasteiger partial charge on any atom is -0.447 e. The maximum absolute atomic E-state index is 13.3. The van der Waals surface area contributed by atoms with Gasteiger partial charge in [0.1, 0.15) is 16.2 Å². The monoisotopic (exact) mass is 617 g/mol. The number of hydrogen-bond donors (Lipinski definition) is 3. The molecule has 14 heteroatoms. The van der Waals surface area contributed by atoms with Crippen LogP contribution >= 0.6 is 11.3 Å². The van der Waals surface area contributed by atoms with Gasteiger partial charge in [0.25, 0.3) is 0 Å². The van der Waals surface area contributed by atoms with Gasteiger partial charge in [-0.2, -0.15) is 5.10 Å². The molecule has 2 fully saturated rings. The predicted molar refractivity (Wildman–Crippen MR) is 160 cm³/mol. The molecule has 2 aliphatic rings. The molecule has 0 radical (unpaired) electrons. The third kappa shape index (κ3) is 7.46. The number of nitrogens with one attached hydrogen (secondary N) is 3. The average Bonchev–Trinajstić information content (AvgIpc) is 3.64. The Kier molecular flexibility index (Phi) is 9.76. The van der Waals surface area contributed by atoms with Gasteiger partial charge in [-0.25, -0.2) is 22.6 Å². The van der Waals surface area contributed by atoms with Gasteiger partial charge in [-0.15, -0.1) is 10.2 Å². The molecule has 1 unspecified atom stereocenters. The van der Waals surface area contributed by atoms with Crippen LogP contribution in [0.5, 0.6) is 0 Å². The maximum Gasteiger partial charge on any atom is 0.407 e. The first-order chi connectivity index (χ1) is 20.2. The van der Waals surface area contributed by atoms with Crippen LogP contribution in [0.15, 0.2) is 35.4 Å². The van der Waals surface area contributed by atoms with E-state index >= 15 is 0 Å². The van der Waals surface area contributed by atoms with Crippen molar-refractivity contribution in [1.82, 2.24) is 30.0 Å². The Morgan fingerprint density at radius 1 is 1.14 bits per heavy atom. The van der Waals surface area contributed by atoms with Gasteiger partial charge in [-0.3, -0.25) is 0 Å². The fourth-order valence-electron chi connectivity index (χ4n) is 5.32. The van der Waals surface area contributed by atoms with Crippen LogP contribution in [0, 0.1) is 0 Å². The molecule has 5 rings (SSSR count). The molecule has 42 heavy (non-hydrogen) atoms. The van der Waals surface area contributed by atoms with Crippen molar-refractivity contribution < 1.29 is 22.7 Å². The van der Waals surface area contributed by atoms with Crippen molar-refractivity contribution in [2.75, 3.05) is 18.5 Å². The van der Waals surface area contributed by atoms with Crippen molar-refractivity contribution in [3.05, 3.63) is 35.5 Å². The molecule has 3 aromatic rings. The molecule has 1 aliphatic carbocycles. The predicted octanol–water partition coefficient (Wildman–Crippen LogP) is 5.30. The highest BCUT2D eigenvalue weighted by molar-refractivity contribution is 7.89. The molecule has 3 heterocycles. The first kappa shape index (κ1) is 30.4. The highest BCUT2D eigenvalue weighted by Gasteiger charge is 2.28. The number of carbonyl (C=O) groups is 1. The Hall–Kier alpha value is -3.07. The van der Waals surface area contributed by atoms with Crippen LogP contribution in [0.3, 0.4) is 0 Å². The largest absolute Gasteiger partial charge is 0.447 e. The summed E-state index contributed by atoms with van der Waals surface area (Å²) in [6.45, 7) is 6.38. The summed E-state index contributed by atoms with van der Waals surface area (Å²) in [5.74, 6) is 0.804. The van der Waals surface area contributed by atoms with Crippen LogP contribution in [0.4, 0.5) is 16.3 Å². The molecule has 3 N–H and O–H groups in total. The van der Waals surface area contributed by atoms with E-state index in [0.29, 0.717) is 22.1 Å². The number of carbonyl (C=O) groups excluding carboxylic acids is 1. The Balaban J connectivity index is 1.31. The Bertz CT molecular complexity index is 1460. The summed E-state index contributed by atoms with van der Waals surface area (Å²) >= 11 is 1.42. The molecular weight excluding hydrogens is 578 g/mol. The van der Waals surface area contributed by atoms with Crippen molar-refractivity contribution in [3.8, 4) is 10.6 Å². The van der Waals surface area contributed by atoms with Gasteiger partial charge < -0.3 is 20.1 Å². The van der Waals surface area contributed by atoms with Gasteiger partial charge in [-0.05, 0) is 77.0 Å². The molecule has 1 amide bonds. The number of benzene rings is 1. The highest BCUT2D eigenvalue weighted by Crippen LogP contribution is 2.39. The second kappa shape index (κ2) is 13.5. The van der Waals surface area contributed by atoms with Crippen molar-refractivity contribution in [2.24, 2.45) is 0 Å². The molecule has 228 valence electrons. The highest BCUT2D eigenvalue weighted by atomic mass is 32.2. The summed E-state index contributed by atoms with van der Waals surface area (Å²) in [5.41, 5.74) is 1.09. The molecule has 1 atom stereocenters. The van der Waals surface area contributed by atoms with Crippen LogP contribution in [0.2, 0.25) is 0 Å². The standard InChI is InChI=1S/C28H39N7O5S2/c1-4-29-42(37,38)23-17-21(30-24-14-15-35(34-24)25-7-5-6-16-39-25)12-13-22(23)27-33-32-26(41-27)19-8-10-20(11-9-19)31-28(36)40-18(2)3/h12-15,17-20,25,29H,4-11,16H2,1-3H3,(H,30,34)(H,31,36).